The molecular formula is C21H22F3N4O+. The van der Waals surface area contributed by atoms with Crippen LogP contribution in [0.4, 0.5) is 19.0 Å². The van der Waals surface area contributed by atoms with Crippen molar-refractivity contribution >= 4 is 22.6 Å². The van der Waals surface area contributed by atoms with Crippen molar-refractivity contribution in [1.82, 2.24) is 9.88 Å². The van der Waals surface area contributed by atoms with Gasteiger partial charge in [-0.2, -0.15) is 13.2 Å². The molecule has 152 valence electrons. The van der Waals surface area contributed by atoms with Gasteiger partial charge in [0.15, 0.2) is 0 Å². The summed E-state index contributed by atoms with van der Waals surface area (Å²) >= 11 is 0. The van der Waals surface area contributed by atoms with Crippen molar-refractivity contribution < 1.29 is 22.9 Å². The Morgan fingerprint density at radius 3 is 2.52 bits per heavy atom. The minimum atomic E-state index is -4.43. The molecule has 3 heterocycles. The maximum absolute atomic E-state index is 13.3. The van der Waals surface area contributed by atoms with Gasteiger partial charge < -0.3 is 9.88 Å². The molecule has 0 radical (unpaired) electrons. The van der Waals surface area contributed by atoms with Gasteiger partial charge in [0.25, 0.3) is 11.7 Å². The number of anilines is 1. The molecule has 0 aliphatic carbocycles. The number of piperazine rings is 1. The van der Waals surface area contributed by atoms with Gasteiger partial charge in [0.2, 0.25) is 0 Å². The van der Waals surface area contributed by atoms with Gasteiger partial charge in [-0.3, -0.25) is 9.69 Å². The fourth-order valence-electron chi connectivity index (χ4n) is 3.94. The monoisotopic (exact) mass is 403 g/mol. The maximum Gasteiger partial charge on any atom is 0.424 e. The Hall–Kier alpha value is -3.03. The highest BCUT2D eigenvalue weighted by Crippen LogP contribution is 2.34. The number of pyridine rings is 1. The molecule has 0 spiro atoms. The van der Waals surface area contributed by atoms with Crippen molar-refractivity contribution in [2.45, 2.75) is 20.0 Å². The highest BCUT2D eigenvalue weighted by Gasteiger charge is 2.40. The predicted molar refractivity (Wildman–Crippen MR) is 104 cm³/mol. The Morgan fingerprint density at radius 1 is 1.10 bits per heavy atom. The highest BCUT2D eigenvalue weighted by molar-refractivity contribution is 5.99. The van der Waals surface area contributed by atoms with Gasteiger partial charge in [0, 0.05) is 10.9 Å². The molecule has 1 amide bonds. The van der Waals surface area contributed by atoms with Crippen LogP contribution in [0.2, 0.25) is 0 Å². The summed E-state index contributed by atoms with van der Waals surface area (Å²) < 4.78 is 39.8. The van der Waals surface area contributed by atoms with Gasteiger partial charge in [-0.05, 0) is 49.2 Å². The normalized spacial score (nSPS) is 15.2. The largest absolute Gasteiger partial charge is 0.424 e. The molecule has 1 saturated heterocycles. The lowest BCUT2D eigenvalue weighted by molar-refractivity contribution is -0.367. The summed E-state index contributed by atoms with van der Waals surface area (Å²) in [6, 6.07) is 8.33. The third-order valence-corrected chi connectivity index (χ3v) is 5.34. The topological polar surface area (TPSA) is 53.5 Å². The quantitative estimate of drug-likeness (QED) is 0.711. The van der Waals surface area contributed by atoms with Crippen LogP contribution in [0, 0.1) is 13.8 Å². The van der Waals surface area contributed by atoms with Crippen LogP contribution in [-0.4, -0.2) is 42.0 Å². The smallest absolute Gasteiger partial charge is 0.351 e. The number of carbonyl (C=O) groups is 1. The van der Waals surface area contributed by atoms with Crippen molar-refractivity contribution in [3.8, 4) is 0 Å². The number of nitrogens with one attached hydrogen (secondary N) is 2. The number of halogens is 3. The van der Waals surface area contributed by atoms with Crippen molar-refractivity contribution in [3.05, 3.63) is 58.9 Å². The number of aryl methyl sites for hydroxylation is 2. The average molecular weight is 403 g/mol. The summed E-state index contributed by atoms with van der Waals surface area (Å²) in [5.74, 6) is -0.0881. The fourth-order valence-corrected chi connectivity index (χ4v) is 3.94. The van der Waals surface area contributed by atoms with E-state index in [4.69, 9.17) is 0 Å². The molecule has 1 aromatic carbocycles. The van der Waals surface area contributed by atoms with Crippen LogP contribution in [-0.2, 0) is 6.18 Å². The minimum Gasteiger partial charge on any atom is -0.351 e. The van der Waals surface area contributed by atoms with Gasteiger partial charge in [-0.15, -0.1) is 0 Å². The minimum absolute atomic E-state index is 0.0452. The molecule has 4 rings (SSSR count). The van der Waals surface area contributed by atoms with E-state index in [0.29, 0.717) is 31.9 Å². The van der Waals surface area contributed by atoms with E-state index in [1.807, 2.05) is 26.0 Å². The molecule has 5 nitrogen and oxygen atoms in total. The third-order valence-electron chi connectivity index (χ3n) is 5.34. The second kappa shape index (κ2) is 7.09. The molecular weight excluding hydrogens is 381 g/mol. The zero-order valence-electron chi connectivity index (χ0n) is 16.2. The molecule has 2 aromatic heterocycles. The Bertz CT molecular complexity index is 1070. The van der Waals surface area contributed by atoms with E-state index in [-0.39, 0.29) is 11.7 Å². The third kappa shape index (κ3) is 3.66. The van der Waals surface area contributed by atoms with Gasteiger partial charge in [0.1, 0.15) is 24.3 Å². The zero-order valence-corrected chi connectivity index (χ0v) is 16.2. The summed E-state index contributed by atoms with van der Waals surface area (Å²) in [5.41, 5.74) is 2.94. The van der Waals surface area contributed by atoms with E-state index in [2.05, 4.69) is 16.0 Å². The van der Waals surface area contributed by atoms with Gasteiger partial charge >= 0.3 is 6.18 Å². The fraction of sp³-hybridized carbons (Fsp3) is 0.333. The lowest BCUT2D eigenvalue weighted by Crippen LogP contribution is -2.50. The van der Waals surface area contributed by atoms with E-state index in [0.717, 1.165) is 28.1 Å². The Kier molecular flexibility index (Phi) is 4.72. The number of hydrogen-bond donors (Lipinski definition) is 1. The van der Waals surface area contributed by atoms with Crippen molar-refractivity contribution in [1.29, 1.82) is 0 Å². The zero-order chi connectivity index (χ0) is 20.8. The predicted octanol–water partition coefficient (Wildman–Crippen LogP) is 3.58. The first-order chi connectivity index (χ1) is 13.7. The lowest BCUT2D eigenvalue weighted by Gasteiger charge is -2.31. The average Bonchev–Trinajstić information content (AvgIpc) is 3.11. The molecule has 2 N–H and O–H groups in total. The first kappa shape index (κ1) is 19.3. The molecule has 29 heavy (non-hydrogen) atoms. The highest BCUT2D eigenvalue weighted by atomic mass is 19.4. The van der Waals surface area contributed by atoms with E-state index in [1.165, 1.54) is 12.3 Å². The number of nitrogens with zero attached hydrogens (tertiary/aromatic N) is 2. The molecule has 0 saturated carbocycles. The number of amides is 1. The molecule has 0 atom stereocenters. The van der Waals surface area contributed by atoms with Crippen LogP contribution in [0.15, 0.2) is 36.5 Å². The number of benzene rings is 1. The molecule has 0 unspecified atom stereocenters. The van der Waals surface area contributed by atoms with Crippen molar-refractivity contribution in [2.24, 2.45) is 0 Å². The Morgan fingerprint density at radius 2 is 1.83 bits per heavy atom. The molecule has 3 aromatic rings. The van der Waals surface area contributed by atoms with Gasteiger partial charge in [0.05, 0.1) is 19.3 Å². The van der Waals surface area contributed by atoms with Crippen LogP contribution >= 0.6 is 0 Å². The molecule has 1 aliphatic heterocycles. The first-order valence-electron chi connectivity index (χ1n) is 9.46. The summed E-state index contributed by atoms with van der Waals surface area (Å²) in [6.45, 7) is 5.37. The van der Waals surface area contributed by atoms with Crippen LogP contribution in [0.25, 0.3) is 10.9 Å². The number of aromatic amines is 2. The number of H-pyrrole nitrogens is 2. The van der Waals surface area contributed by atoms with Crippen molar-refractivity contribution in [3.63, 3.8) is 0 Å². The van der Waals surface area contributed by atoms with E-state index < -0.39 is 11.7 Å². The Balaban J connectivity index is 1.51. The number of rotatable bonds is 2. The summed E-state index contributed by atoms with van der Waals surface area (Å²) in [7, 11) is 0. The summed E-state index contributed by atoms with van der Waals surface area (Å²) in [5, 5.41) is 1.01. The molecule has 8 heteroatoms. The van der Waals surface area contributed by atoms with E-state index in [1.54, 1.807) is 9.80 Å². The second-order valence-corrected chi connectivity index (χ2v) is 7.44. The van der Waals surface area contributed by atoms with Crippen LogP contribution in [0.3, 0.4) is 0 Å². The maximum atomic E-state index is 13.3. The number of hydrogen-bond acceptors (Lipinski definition) is 2. The van der Waals surface area contributed by atoms with E-state index in [9.17, 15) is 18.0 Å². The number of aromatic nitrogens is 2. The lowest BCUT2D eigenvalue weighted by atomic mass is 10.1. The SMILES string of the molecule is Cc1cc(C)c2cc(C(=O)N3CCN(c4[nH+]cccc4C(F)(F)F)CC3)[nH]c2c1. The first-order valence-corrected chi connectivity index (χ1v) is 9.46. The van der Waals surface area contributed by atoms with Crippen molar-refractivity contribution in [2.75, 3.05) is 31.1 Å². The van der Waals surface area contributed by atoms with Crippen LogP contribution in [0.1, 0.15) is 27.2 Å². The van der Waals surface area contributed by atoms with E-state index >= 15 is 0 Å². The Labute approximate surface area is 166 Å². The number of fused-ring (bicyclic) bond motifs is 1. The number of carbonyl (C=O) groups excluding carboxylic acids is 1. The standard InChI is InChI=1S/C21H21F3N4O/c1-13-10-14(2)15-12-18(26-17(15)11-13)20(29)28-8-6-27(7-9-28)19-16(21(22,23)24)4-3-5-25-19/h3-5,10-12,26H,6-9H2,1-2H3/p+1. The second-order valence-electron chi connectivity index (χ2n) is 7.44. The number of alkyl halides is 3. The molecule has 1 aliphatic rings. The van der Waals surface area contributed by atoms with Crippen LogP contribution in [0.5, 0.6) is 0 Å². The molecule has 1 fully saturated rings. The summed E-state index contributed by atoms with van der Waals surface area (Å²) in [6.07, 6.45) is -2.95. The van der Waals surface area contributed by atoms with Gasteiger partial charge in [-0.1, -0.05) is 6.07 Å². The van der Waals surface area contributed by atoms with Crippen LogP contribution < -0.4 is 9.88 Å². The van der Waals surface area contributed by atoms with Gasteiger partial charge in [-0.25, -0.2) is 4.98 Å². The molecule has 0 bridgehead atoms. The summed E-state index contributed by atoms with van der Waals surface area (Å²) in [4.78, 5) is 22.1.